The SMILES string of the molecule is Cc1cc2c(NC3CCN(Cc4cccc(OCCN5CCOCC5)c4)CC3)ncnc2s1. The summed E-state index contributed by atoms with van der Waals surface area (Å²) in [6.07, 6.45) is 3.90. The second-order valence-electron chi connectivity index (χ2n) is 8.94. The Morgan fingerprint density at radius 2 is 1.94 bits per heavy atom. The Hall–Kier alpha value is -2.26. The lowest BCUT2D eigenvalue weighted by atomic mass is 10.0. The van der Waals surface area contributed by atoms with Crippen molar-refractivity contribution in [1.29, 1.82) is 0 Å². The fraction of sp³-hybridized carbons (Fsp3) is 0.520. The van der Waals surface area contributed by atoms with E-state index in [4.69, 9.17) is 9.47 Å². The number of aryl methyl sites for hydroxylation is 1. The minimum atomic E-state index is 0.453. The number of aromatic nitrogens is 2. The average Bonchev–Trinajstić information content (AvgIpc) is 3.23. The molecule has 5 rings (SSSR count). The highest BCUT2D eigenvalue weighted by atomic mass is 32.1. The van der Waals surface area contributed by atoms with Crippen molar-refractivity contribution in [3.63, 3.8) is 0 Å². The minimum absolute atomic E-state index is 0.453. The van der Waals surface area contributed by atoms with E-state index in [1.807, 2.05) is 0 Å². The van der Waals surface area contributed by atoms with Crippen LogP contribution in [0.25, 0.3) is 10.2 Å². The first-order valence-electron chi connectivity index (χ1n) is 11.9. The number of fused-ring (bicyclic) bond motifs is 1. The van der Waals surface area contributed by atoms with Crippen LogP contribution in [0.5, 0.6) is 5.75 Å². The van der Waals surface area contributed by atoms with Gasteiger partial charge in [0.2, 0.25) is 0 Å². The highest BCUT2D eigenvalue weighted by Crippen LogP contribution is 2.29. The molecule has 7 nitrogen and oxygen atoms in total. The number of nitrogens with one attached hydrogen (secondary N) is 1. The third kappa shape index (κ3) is 6.00. The molecule has 0 unspecified atom stereocenters. The maximum atomic E-state index is 6.04. The average molecular weight is 468 g/mol. The molecule has 2 saturated heterocycles. The Morgan fingerprint density at radius 1 is 1.09 bits per heavy atom. The third-order valence-electron chi connectivity index (χ3n) is 6.47. The molecule has 0 spiro atoms. The zero-order valence-electron chi connectivity index (χ0n) is 19.3. The van der Waals surface area contributed by atoms with Crippen LogP contribution in [-0.2, 0) is 11.3 Å². The molecule has 2 aromatic heterocycles. The monoisotopic (exact) mass is 467 g/mol. The second-order valence-corrected chi connectivity index (χ2v) is 10.2. The summed E-state index contributed by atoms with van der Waals surface area (Å²) in [5.41, 5.74) is 1.32. The fourth-order valence-electron chi connectivity index (χ4n) is 4.63. The summed E-state index contributed by atoms with van der Waals surface area (Å²) in [7, 11) is 0. The number of morpholine rings is 1. The molecule has 8 heteroatoms. The number of hydrogen-bond acceptors (Lipinski definition) is 8. The summed E-state index contributed by atoms with van der Waals surface area (Å²) in [6.45, 7) is 10.6. The first-order chi connectivity index (χ1) is 16.2. The van der Waals surface area contributed by atoms with Gasteiger partial charge in [-0.2, -0.15) is 0 Å². The lowest BCUT2D eigenvalue weighted by Gasteiger charge is -2.32. The normalized spacial score (nSPS) is 18.6. The molecule has 176 valence electrons. The number of piperidine rings is 1. The maximum absolute atomic E-state index is 6.04. The Labute approximate surface area is 199 Å². The van der Waals surface area contributed by atoms with Crippen LogP contribution < -0.4 is 10.1 Å². The molecule has 2 aliphatic rings. The molecule has 0 bridgehead atoms. The molecular formula is C25H33N5O2S. The lowest BCUT2D eigenvalue weighted by Crippen LogP contribution is -2.39. The number of thiophene rings is 1. The minimum Gasteiger partial charge on any atom is -0.492 e. The van der Waals surface area contributed by atoms with Crippen molar-refractivity contribution >= 4 is 27.4 Å². The zero-order chi connectivity index (χ0) is 22.5. The highest BCUT2D eigenvalue weighted by Gasteiger charge is 2.21. The van der Waals surface area contributed by atoms with E-state index in [0.717, 1.165) is 93.7 Å². The summed E-state index contributed by atoms with van der Waals surface area (Å²) >= 11 is 1.73. The quantitative estimate of drug-likeness (QED) is 0.541. The summed E-state index contributed by atoms with van der Waals surface area (Å²) in [6, 6.07) is 11.2. The molecule has 0 aliphatic carbocycles. The molecule has 0 saturated carbocycles. The van der Waals surface area contributed by atoms with E-state index < -0.39 is 0 Å². The van der Waals surface area contributed by atoms with Crippen LogP contribution in [0.3, 0.4) is 0 Å². The predicted molar refractivity (Wildman–Crippen MR) is 133 cm³/mol. The number of ether oxygens (including phenoxy) is 2. The van der Waals surface area contributed by atoms with Gasteiger partial charge in [0.15, 0.2) is 0 Å². The summed E-state index contributed by atoms with van der Waals surface area (Å²) in [5.74, 6) is 1.95. The van der Waals surface area contributed by atoms with Gasteiger partial charge in [-0.15, -0.1) is 11.3 Å². The number of benzene rings is 1. The Bertz CT molecular complexity index is 1040. The molecule has 2 fully saturated rings. The van der Waals surface area contributed by atoms with Crippen LogP contribution in [-0.4, -0.2) is 78.4 Å². The Balaban J connectivity index is 1.09. The van der Waals surface area contributed by atoms with E-state index in [1.54, 1.807) is 17.7 Å². The van der Waals surface area contributed by atoms with Crippen LogP contribution in [0.4, 0.5) is 5.82 Å². The first-order valence-corrected chi connectivity index (χ1v) is 12.8. The van der Waals surface area contributed by atoms with Gasteiger partial charge >= 0.3 is 0 Å². The number of nitrogens with zero attached hydrogens (tertiary/aromatic N) is 4. The molecule has 1 aromatic carbocycles. The molecule has 33 heavy (non-hydrogen) atoms. The van der Waals surface area contributed by atoms with E-state index >= 15 is 0 Å². The van der Waals surface area contributed by atoms with Gasteiger partial charge in [0.25, 0.3) is 0 Å². The largest absolute Gasteiger partial charge is 0.492 e. The van der Waals surface area contributed by atoms with Crippen molar-refractivity contribution in [2.24, 2.45) is 0 Å². The van der Waals surface area contributed by atoms with Gasteiger partial charge in [-0.05, 0) is 43.5 Å². The second kappa shape index (κ2) is 10.8. The van der Waals surface area contributed by atoms with Gasteiger partial charge in [0.05, 0.1) is 18.6 Å². The number of likely N-dealkylation sites (tertiary alicyclic amines) is 1. The number of anilines is 1. The van der Waals surface area contributed by atoms with Gasteiger partial charge in [-0.3, -0.25) is 9.80 Å². The van der Waals surface area contributed by atoms with Crippen molar-refractivity contribution in [2.75, 3.05) is 57.9 Å². The smallest absolute Gasteiger partial charge is 0.138 e. The van der Waals surface area contributed by atoms with Gasteiger partial charge in [-0.1, -0.05) is 12.1 Å². The molecule has 0 amide bonds. The van der Waals surface area contributed by atoms with Crippen LogP contribution >= 0.6 is 11.3 Å². The number of rotatable bonds is 8. The molecule has 4 heterocycles. The van der Waals surface area contributed by atoms with Crippen molar-refractivity contribution in [3.05, 3.63) is 47.1 Å². The van der Waals surface area contributed by atoms with E-state index in [-0.39, 0.29) is 0 Å². The predicted octanol–water partition coefficient (Wildman–Crippen LogP) is 3.79. The van der Waals surface area contributed by atoms with Crippen molar-refractivity contribution in [2.45, 2.75) is 32.4 Å². The fourth-order valence-corrected chi connectivity index (χ4v) is 5.48. The molecule has 0 radical (unpaired) electrons. The van der Waals surface area contributed by atoms with Gasteiger partial charge in [0.1, 0.15) is 29.3 Å². The lowest BCUT2D eigenvalue weighted by molar-refractivity contribution is 0.0322. The molecular weight excluding hydrogens is 434 g/mol. The standard InChI is InChI=1S/C25H33N5O2S/c1-19-15-23-24(26-18-27-25(23)33-19)28-21-5-7-30(8-6-21)17-20-3-2-4-22(16-20)32-14-11-29-9-12-31-13-10-29/h2-4,15-16,18,21H,5-14,17H2,1H3,(H,26,27,28). The summed E-state index contributed by atoms with van der Waals surface area (Å²) in [5, 5.41) is 4.82. The van der Waals surface area contributed by atoms with E-state index in [1.165, 1.54) is 10.4 Å². The van der Waals surface area contributed by atoms with Crippen LogP contribution in [0.15, 0.2) is 36.7 Å². The zero-order valence-corrected chi connectivity index (χ0v) is 20.1. The van der Waals surface area contributed by atoms with Gasteiger partial charge in [-0.25, -0.2) is 9.97 Å². The molecule has 0 atom stereocenters. The van der Waals surface area contributed by atoms with Crippen LogP contribution in [0.2, 0.25) is 0 Å². The van der Waals surface area contributed by atoms with Crippen molar-refractivity contribution in [1.82, 2.24) is 19.8 Å². The molecule has 2 aliphatic heterocycles. The van der Waals surface area contributed by atoms with E-state index in [2.05, 4.69) is 62.3 Å². The Kier molecular flexibility index (Phi) is 7.36. The first kappa shape index (κ1) is 22.5. The van der Waals surface area contributed by atoms with E-state index in [9.17, 15) is 0 Å². The third-order valence-corrected chi connectivity index (χ3v) is 7.42. The summed E-state index contributed by atoms with van der Waals surface area (Å²) < 4.78 is 11.4. The van der Waals surface area contributed by atoms with Crippen LogP contribution in [0.1, 0.15) is 23.3 Å². The van der Waals surface area contributed by atoms with Gasteiger partial charge < -0.3 is 14.8 Å². The van der Waals surface area contributed by atoms with Crippen molar-refractivity contribution in [3.8, 4) is 5.75 Å². The van der Waals surface area contributed by atoms with Gasteiger partial charge in [0, 0.05) is 50.2 Å². The maximum Gasteiger partial charge on any atom is 0.138 e. The Morgan fingerprint density at radius 3 is 2.79 bits per heavy atom. The molecule has 1 N–H and O–H groups in total. The molecule has 3 aromatic rings. The topological polar surface area (TPSA) is 62.8 Å². The van der Waals surface area contributed by atoms with E-state index in [0.29, 0.717) is 6.04 Å². The van der Waals surface area contributed by atoms with Crippen LogP contribution in [0, 0.1) is 6.92 Å². The summed E-state index contributed by atoms with van der Waals surface area (Å²) in [4.78, 5) is 16.2. The van der Waals surface area contributed by atoms with Crippen molar-refractivity contribution < 1.29 is 9.47 Å². The number of hydrogen-bond donors (Lipinski definition) is 1. The highest BCUT2D eigenvalue weighted by molar-refractivity contribution is 7.18.